The summed E-state index contributed by atoms with van der Waals surface area (Å²) in [5, 5.41) is 0. The van der Waals surface area contributed by atoms with Crippen LogP contribution in [0, 0.1) is 0 Å². The van der Waals surface area contributed by atoms with Crippen molar-refractivity contribution in [1.29, 1.82) is 0 Å². The van der Waals surface area contributed by atoms with Gasteiger partial charge in [0.05, 0.1) is 38.5 Å². The number of ketones is 2. The van der Waals surface area contributed by atoms with Gasteiger partial charge in [0, 0.05) is 12.1 Å². The molecule has 0 spiro atoms. The van der Waals surface area contributed by atoms with Gasteiger partial charge < -0.3 is 14.2 Å². The van der Waals surface area contributed by atoms with E-state index < -0.39 is 5.92 Å². The lowest BCUT2D eigenvalue weighted by atomic mass is 9.75. The van der Waals surface area contributed by atoms with Crippen LogP contribution in [0.25, 0.3) is 0 Å². The fourth-order valence-corrected chi connectivity index (χ4v) is 3.85. The summed E-state index contributed by atoms with van der Waals surface area (Å²) in [4.78, 5) is 31.1. The highest BCUT2D eigenvalue weighted by atomic mass is 16.5. The van der Waals surface area contributed by atoms with Gasteiger partial charge in [-0.1, -0.05) is 12.1 Å². The first-order valence-electron chi connectivity index (χ1n) is 8.65. The van der Waals surface area contributed by atoms with Crippen LogP contribution in [0.1, 0.15) is 37.8 Å². The van der Waals surface area contributed by atoms with E-state index in [2.05, 4.69) is 4.99 Å². The van der Waals surface area contributed by atoms with Gasteiger partial charge in [-0.05, 0) is 35.7 Å². The normalized spacial score (nSPS) is 17.9. The van der Waals surface area contributed by atoms with Crippen molar-refractivity contribution in [3.63, 3.8) is 0 Å². The van der Waals surface area contributed by atoms with E-state index in [4.69, 9.17) is 14.2 Å². The number of rotatable bonds is 3. The number of hydrogen-bond donors (Lipinski definition) is 0. The molecule has 6 nitrogen and oxygen atoms in total. The van der Waals surface area contributed by atoms with E-state index in [1.807, 2.05) is 6.07 Å². The topological polar surface area (TPSA) is 74.2 Å². The van der Waals surface area contributed by atoms with Crippen molar-refractivity contribution in [2.24, 2.45) is 4.99 Å². The number of carbonyl (C=O) groups excluding carboxylic acids is 2. The maximum Gasteiger partial charge on any atom is 0.212 e. The van der Waals surface area contributed by atoms with Crippen molar-refractivity contribution in [3.05, 3.63) is 52.6 Å². The average molecular weight is 365 g/mol. The Morgan fingerprint density at radius 2 is 1.67 bits per heavy atom. The smallest absolute Gasteiger partial charge is 0.212 e. The SMILES string of the molecule is COc1cc2c(cc1OC)C1C(=O)c3cccc(OC)c3C(=O)C1=NCC2. The summed E-state index contributed by atoms with van der Waals surface area (Å²) in [5.74, 6) is 0.357. The molecule has 1 aliphatic carbocycles. The molecular weight excluding hydrogens is 346 g/mol. The van der Waals surface area contributed by atoms with Gasteiger partial charge in [0.25, 0.3) is 0 Å². The number of benzene rings is 2. The second-order valence-electron chi connectivity index (χ2n) is 6.43. The molecular formula is C21H19NO5. The zero-order valence-electron chi connectivity index (χ0n) is 15.4. The summed E-state index contributed by atoms with van der Waals surface area (Å²) in [6.07, 6.45) is 0.615. The van der Waals surface area contributed by atoms with Gasteiger partial charge >= 0.3 is 0 Å². The molecule has 0 aromatic heterocycles. The molecule has 0 N–H and O–H groups in total. The van der Waals surface area contributed by atoms with E-state index in [1.165, 1.54) is 7.11 Å². The third-order valence-corrected chi connectivity index (χ3v) is 5.13. The Kier molecular flexibility index (Phi) is 4.18. The van der Waals surface area contributed by atoms with Crippen LogP contribution in [0.2, 0.25) is 0 Å². The molecule has 1 atom stereocenters. The molecule has 27 heavy (non-hydrogen) atoms. The van der Waals surface area contributed by atoms with Crippen molar-refractivity contribution < 1.29 is 23.8 Å². The zero-order chi connectivity index (χ0) is 19.1. The second kappa shape index (κ2) is 6.54. The fourth-order valence-electron chi connectivity index (χ4n) is 3.85. The largest absolute Gasteiger partial charge is 0.496 e. The van der Waals surface area contributed by atoms with Crippen LogP contribution >= 0.6 is 0 Å². The van der Waals surface area contributed by atoms with Crippen molar-refractivity contribution >= 4 is 17.3 Å². The van der Waals surface area contributed by atoms with Gasteiger partial charge in [-0.25, -0.2) is 0 Å². The van der Waals surface area contributed by atoms with Gasteiger partial charge in [-0.15, -0.1) is 0 Å². The first kappa shape index (κ1) is 17.3. The van der Waals surface area contributed by atoms with Crippen LogP contribution in [0.4, 0.5) is 0 Å². The van der Waals surface area contributed by atoms with Crippen LogP contribution in [-0.2, 0) is 6.42 Å². The minimum absolute atomic E-state index is 0.155. The number of carbonyl (C=O) groups is 2. The molecule has 1 unspecified atom stereocenters. The Bertz CT molecular complexity index is 992. The lowest BCUT2D eigenvalue weighted by Crippen LogP contribution is -2.36. The Labute approximate surface area is 156 Å². The zero-order valence-corrected chi connectivity index (χ0v) is 15.4. The number of ether oxygens (including phenoxy) is 3. The number of aliphatic imine (C=N–C) groups is 1. The van der Waals surface area contributed by atoms with E-state index in [9.17, 15) is 9.59 Å². The third kappa shape index (κ3) is 2.51. The van der Waals surface area contributed by atoms with E-state index in [-0.39, 0.29) is 17.3 Å². The lowest BCUT2D eigenvalue weighted by Gasteiger charge is -2.26. The minimum atomic E-state index is -0.741. The Morgan fingerprint density at radius 3 is 2.37 bits per heavy atom. The minimum Gasteiger partial charge on any atom is -0.496 e. The molecule has 138 valence electrons. The van der Waals surface area contributed by atoms with E-state index in [0.29, 0.717) is 41.3 Å². The predicted molar refractivity (Wildman–Crippen MR) is 99.9 cm³/mol. The molecule has 4 rings (SSSR count). The van der Waals surface area contributed by atoms with Gasteiger partial charge in [0.1, 0.15) is 5.75 Å². The average Bonchev–Trinajstić information content (AvgIpc) is 2.89. The van der Waals surface area contributed by atoms with E-state index in [1.54, 1.807) is 38.5 Å². The van der Waals surface area contributed by atoms with Crippen molar-refractivity contribution in [1.82, 2.24) is 0 Å². The lowest BCUT2D eigenvalue weighted by molar-refractivity contribution is 0.0945. The highest BCUT2D eigenvalue weighted by Gasteiger charge is 2.42. The number of fused-ring (bicyclic) bond motifs is 4. The summed E-state index contributed by atoms with van der Waals surface area (Å²) >= 11 is 0. The predicted octanol–water partition coefficient (Wildman–Crippen LogP) is 2.87. The van der Waals surface area contributed by atoms with Crippen molar-refractivity contribution in [3.8, 4) is 17.2 Å². The van der Waals surface area contributed by atoms with Crippen LogP contribution < -0.4 is 14.2 Å². The van der Waals surface area contributed by atoms with E-state index >= 15 is 0 Å². The summed E-state index contributed by atoms with van der Waals surface area (Å²) in [7, 11) is 4.60. The molecule has 6 heteroatoms. The van der Waals surface area contributed by atoms with E-state index in [0.717, 1.165) is 11.1 Å². The summed E-state index contributed by atoms with van der Waals surface area (Å²) in [6.45, 7) is 0.428. The Hall–Kier alpha value is -3.15. The maximum absolute atomic E-state index is 13.4. The van der Waals surface area contributed by atoms with Gasteiger partial charge in [-0.3, -0.25) is 14.6 Å². The third-order valence-electron chi connectivity index (χ3n) is 5.13. The van der Waals surface area contributed by atoms with Crippen LogP contribution in [-0.4, -0.2) is 45.2 Å². The molecule has 0 radical (unpaired) electrons. The maximum atomic E-state index is 13.4. The molecule has 0 amide bonds. The first-order valence-corrected chi connectivity index (χ1v) is 8.65. The molecule has 0 fully saturated rings. The van der Waals surface area contributed by atoms with Crippen LogP contribution in [0.5, 0.6) is 17.2 Å². The standard InChI is InChI=1S/C21H19NO5/c1-25-14-6-4-5-12-17(14)21(24)19-18(20(12)23)13-10-16(27-3)15(26-2)9-11(13)7-8-22-19/h4-6,9-10,18H,7-8H2,1-3H3. The van der Waals surface area contributed by atoms with Crippen molar-refractivity contribution in [2.45, 2.75) is 12.3 Å². The molecule has 0 saturated heterocycles. The van der Waals surface area contributed by atoms with Gasteiger partial charge in [-0.2, -0.15) is 0 Å². The highest BCUT2D eigenvalue weighted by Crippen LogP contribution is 2.41. The fraction of sp³-hybridized carbons (Fsp3) is 0.286. The number of hydrogen-bond acceptors (Lipinski definition) is 6. The summed E-state index contributed by atoms with van der Waals surface area (Å²) < 4.78 is 16.1. The second-order valence-corrected chi connectivity index (χ2v) is 6.43. The van der Waals surface area contributed by atoms with Gasteiger partial charge in [0.15, 0.2) is 17.3 Å². The van der Waals surface area contributed by atoms with Crippen molar-refractivity contribution in [2.75, 3.05) is 27.9 Å². The molecule has 2 aromatic carbocycles. The molecule has 0 bridgehead atoms. The molecule has 1 heterocycles. The molecule has 0 saturated carbocycles. The number of methoxy groups -OCH3 is 3. The number of Topliss-reactive ketones (excluding diaryl/α,β-unsaturated/α-hetero) is 2. The number of nitrogens with zero attached hydrogens (tertiary/aromatic N) is 1. The Morgan fingerprint density at radius 1 is 0.963 bits per heavy atom. The highest BCUT2D eigenvalue weighted by molar-refractivity contribution is 6.56. The quantitative estimate of drug-likeness (QED) is 0.836. The van der Waals surface area contributed by atoms with Crippen LogP contribution in [0.15, 0.2) is 35.3 Å². The molecule has 1 aliphatic heterocycles. The molecule has 2 aromatic rings. The summed E-state index contributed by atoms with van der Waals surface area (Å²) in [6, 6.07) is 8.72. The van der Waals surface area contributed by atoms with Gasteiger partial charge in [0.2, 0.25) is 5.78 Å². The summed E-state index contributed by atoms with van der Waals surface area (Å²) in [5.41, 5.74) is 2.61. The monoisotopic (exact) mass is 365 g/mol. The first-order chi connectivity index (χ1) is 13.1. The van der Waals surface area contributed by atoms with Crippen LogP contribution in [0.3, 0.4) is 0 Å². The Balaban J connectivity index is 1.96. The molecule has 2 aliphatic rings.